The van der Waals surface area contributed by atoms with E-state index >= 15 is 0 Å². The van der Waals surface area contributed by atoms with Gasteiger partial charge in [-0.15, -0.1) is 11.3 Å². The molecule has 30 heavy (non-hydrogen) atoms. The van der Waals surface area contributed by atoms with Crippen LogP contribution < -0.4 is 15.1 Å². The van der Waals surface area contributed by atoms with Crippen LogP contribution in [0, 0.1) is 0 Å². The van der Waals surface area contributed by atoms with Crippen LogP contribution in [0.25, 0.3) is 10.2 Å². The second kappa shape index (κ2) is 8.74. The molecule has 1 unspecified atom stereocenters. The third kappa shape index (κ3) is 4.20. The molecule has 2 N–H and O–H groups in total. The number of anilines is 2. The van der Waals surface area contributed by atoms with Crippen LogP contribution in [0.5, 0.6) is 0 Å². The number of thiazole rings is 1. The summed E-state index contributed by atoms with van der Waals surface area (Å²) in [5.41, 5.74) is 3.21. The summed E-state index contributed by atoms with van der Waals surface area (Å²) in [5, 5.41) is 4.27. The number of carbonyl (C=O) groups is 1. The maximum Gasteiger partial charge on any atom is 0.279 e. The number of aromatic nitrogens is 1. The molecule has 0 aliphatic carbocycles. The number of likely N-dealkylation sites (tertiary alicyclic amines) is 1. The molecular formula is C24H29N4OS+. The van der Waals surface area contributed by atoms with Crippen LogP contribution >= 0.6 is 11.3 Å². The van der Waals surface area contributed by atoms with E-state index in [9.17, 15) is 4.79 Å². The number of amides is 1. The number of para-hydroxylation sites is 1. The van der Waals surface area contributed by atoms with Gasteiger partial charge in [0, 0.05) is 37.3 Å². The Hall–Kier alpha value is -2.44. The molecule has 2 aliphatic rings. The van der Waals surface area contributed by atoms with Crippen molar-refractivity contribution in [3.05, 3.63) is 53.5 Å². The van der Waals surface area contributed by atoms with Gasteiger partial charge in [-0.05, 0) is 55.7 Å². The summed E-state index contributed by atoms with van der Waals surface area (Å²) in [5.74, 6) is 0.0868. The minimum atomic E-state index is 0.0868. The van der Waals surface area contributed by atoms with Gasteiger partial charge in [0.15, 0.2) is 11.6 Å². The number of benzene rings is 2. The van der Waals surface area contributed by atoms with Gasteiger partial charge in [-0.25, -0.2) is 4.98 Å². The SMILES string of the molecule is O=C(C[NH+]1CCC[C@H]1c1nc2ccccc2s1)Nc1ccc(N2CCCCC2)cc1. The van der Waals surface area contributed by atoms with Crippen LogP contribution in [-0.2, 0) is 4.79 Å². The van der Waals surface area contributed by atoms with Crippen molar-refractivity contribution in [2.45, 2.75) is 38.1 Å². The first-order valence-electron chi connectivity index (χ1n) is 11.1. The standard InChI is InChI=1S/C24H28N4OS/c29-23(25-18-10-12-19(13-11-18)27-14-4-1-5-15-27)17-28-16-6-8-21(28)24-26-20-7-2-3-9-22(20)30-24/h2-3,7,9-13,21H,1,4-6,8,14-17H2,(H,25,29)/p+1/t21-/m0/s1. The zero-order chi connectivity index (χ0) is 20.3. The zero-order valence-electron chi connectivity index (χ0n) is 17.3. The molecule has 6 heteroatoms. The summed E-state index contributed by atoms with van der Waals surface area (Å²) >= 11 is 1.78. The number of carbonyl (C=O) groups excluding carboxylic acids is 1. The zero-order valence-corrected chi connectivity index (χ0v) is 18.1. The van der Waals surface area contributed by atoms with Gasteiger partial charge < -0.3 is 15.1 Å². The van der Waals surface area contributed by atoms with Crippen molar-refractivity contribution in [2.24, 2.45) is 0 Å². The Morgan fingerprint density at radius 1 is 1.07 bits per heavy atom. The quantitative estimate of drug-likeness (QED) is 0.661. The minimum absolute atomic E-state index is 0.0868. The molecular weight excluding hydrogens is 392 g/mol. The highest BCUT2D eigenvalue weighted by atomic mass is 32.1. The van der Waals surface area contributed by atoms with Crippen LogP contribution in [0.2, 0.25) is 0 Å². The Labute approximate surface area is 181 Å². The van der Waals surface area contributed by atoms with Crippen molar-refractivity contribution < 1.29 is 9.69 Å². The maximum absolute atomic E-state index is 12.7. The summed E-state index contributed by atoms with van der Waals surface area (Å²) in [7, 11) is 0. The summed E-state index contributed by atoms with van der Waals surface area (Å²) in [6.45, 7) is 3.80. The molecule has 3 aromatic rings. The van der Waals surface area contributed by atoms with E-state index in [4.69, 9.17) is 4.98 Å². The van der Waals surface area contributed by atoms with Crippen LogP contribution in [0.3, 0.4) is 0 Å². The summed E-state index contributed by atoms with van der Waals surface area (Å²) < 4.78 is 1.23. The fourth-order valence-corrected chi connectivity index (χ4v) is 5.94. The topological polar surface area (TPSA) is 49.7 Å². The van der Waals surface area contributed by atoms with Gasteiger partial charge >= 0.3 is 0 Å². The molecule has 2 fully saturated rings. The Balaban J connectivity index is 1.21. The van der Waals surface area contributed by atoms with Gasteiger partial charge in [-0.3, -0.25) is 4.79 Å². The first-order valence-corrected chi connectivity index (χ1v) is 11.9. The monoisotopic (exact) mass is 421 g/mol. The summed E-state index contributed by atoms with van der Waals surface area (Å²) in [4.78, 5) is 21.4. The Morgan fingerprint density at radius 3 is 2.67 bits per heavy atom. The molecule has 2 aliphatic heterocycles. The van der Waals surface area contributed by atoms with Crippen LogP contribution in [-0.4, -0.2) is 37.1 Å². The lowest BCUT2D eigenvalue weighted by atomic mass is 10.1. The Kier molecular flexibility index (Phi) is 5.69. The van der Waals surface area contributed by atoms with E-state index in [0.717, 1.165) is 43.7 Å². The average molecular weight is 422 g/mol. The lowest BCUT2D eigenvalue weighted by molar-refractivity contribution is -0.910. The number of rotatable bonds is 5. The third-order valence-corrected chi connectivity index (χ3v) is 7.50. The molecule has 5 rings (SSSR count). The van der Waals surface area contributed by atoms with Gasteiger partial charge in [-0.2, -0.15) is 0 Å². The summed E-state index contributed by atoms with van der Waals surface area (Å²) in [6.07, 6.45) is 6.13. The van der Waals surface area contributed by atoms with Crippen molar-refractivity contribution in [3.63, 3.8) is 0 Å². The van der Waals surface area contributed by atoms with Crippen LogP contribution in [0.15, 0.2) is 48.5 Å². The van der Waals surface area contributed by atoms with E-state index in [1.54, 1.807) is 11.3 Å². The van der Waals surface area contributed by atoms with Gasteiger partial charge in [-0.1, -0.05) is 12.1 Å². The van der Waals surface area contributed by atoms with E-state index in [1.165, 1.54) is 39.6 Å². The van der Waals surface area contributed by atoms with Crippen molar-refractivity contribution in [1.29, 1.82) is 0 Å². The number of fused-ring (bicyclic) bond motifs is 1. The molecule has 1 amide bonds. The molecule has 2 saturated heterocycles. The molecule has 0 saturated carbocycles. The second-order valence-electron chi connectivity index (χ2n) is 8.44. The predicted octanol–water partition coefficient (Wildman–Crippen LogP) is 3.65. The van der Waals surface area contributed by atoms with Gasteiger partial charge in [0.2, 0.25) is 0 Å². The van der Waals surface area contributed by atoms with E-state index < -0.39 is 0 Å². The number of piperidine rings is 1. The molecule has 5 nitrogen and oxygen atoms in total. The van der Waals surface area contributed by atoms with E-state index in [2.05, 4.69) is 40.5 Å². The highest BCUT2D eigenvalue weighted by molar-refractivity contribution is 7.18. The molecule has 2 aromatic carbocycles. The normalized spacial score (nSPS) is 21.8. The number of nitrogens with zero attached hydrogens (tertiary/aromatic N) is 2. The molecule has 2 atom stereocenters. The average Bonchev–Trinajstić information content (AvgIpc) is 3.41. The van der Waals surface area contributed by atoms with Crippen LogP contribution in [0.1, 0.15) is 43.2 Å². The molecule has 3 heterocycles. The molecule has 156 valence electrons. The number of nitrogens with one attached hydrogen (secondary N) is 2. The highest BCUT2D eigenvalue weighted by Crippen LogP contribution is 2.28. The van der Waals surface area contributed by atoms with Crippen molar-refractivity contribution in [3.8, 4) is 0 Å². The van der Waals surface area contributed by atoms with Gasteiger partial charge in [0.05, 0.1) is 16.8 Å². The third-order valence-electron chi connectivity index (χ3n) is 6.35. The lowest BCUT2D eigenvalue weighted by Crippen LogP contribution is -3.11. The second-order valence-corrected chi connectivity index (χ2v) is 9.50. The van der Waals surface area contributed by atoms with Crippen LogP contribution in [0.4, 0.5) is 11.4 Å². The smallest absolute Gasteiger partial charge is 0.279 e. The predicted molar refractivity (Wildman–Crippen MR) is 123 cm³/mol. The summed E-state index contributed by atoms with van der Waals surface area (Å²) in [6, 6.07) is 17.0. The van der Waals surface area contributed by atoms with E-state index in [-0.39, 0.29) is 5.91 Å². The Bertz CT molecular complexity index is 976. The van der Waals surface area contributed by atoms with Gasteiger partial charge in [0.1, 0.15) is 6.04 Å². The van der Waals surface area contributed by atoms with E-state index in [1.807, 2.05) is 18.2 Å². The number of quaternary nitrogens is 1. The highest BCUT2D eigenvalue weighted by Gasteiger charge is 2.34. The molecule has 1 aromatic heterocycles. The molecule has 0 radical (unpaired) electrons. The minimum Gasteiger partial charge on any atom is -0.372 e. The fraction of sp³-hybridized carbons (Fsp3) is 0.417. The van der Waals surface area contributed by atoms with Crippen molar-refractivity contribution in [2.75, 3.05) is 36.4 Å². The molecule has 0 bridgehead atoms. The van der Waals surface area contributed by atoms with Crippen molar-refractivity contribution >= 4 is 38.8 Å². The van der Waals surface area contributed by atoms with Gasteiger partial charge in [0.25, 0.3) is 5.91 Å². The largest absolute Gasteiger partial charge is 0.372 e. The number of hydrogen-bond acceptors (Lipinski definition) is 4. The van der Waals surface area contributed by atoms with Crippen molar-refractivity contribution in [1.82, 2.24) is 4.98 Å². The fourth-order valence-electron chi connectivity index (χ4n) is 4.78. The first-order chi connectivity index (χ1) is 14.8. The van der Waals surface area contributed by atoms with E-state index in [0.29, 0.717) is 12.6 Å². The maximum atomic E-state index is 12.7. The molecule has 0 spiro atoms. The lowest BCUT2D eigenvalue weighted by Gasteiger charge is -2.28. The Morgan fingerprint density at radius 2 is 1.87 bits per heavy atom. The first kappa shape index (κ1) is 19.5. The number of hydrogen-bond donors (Lipinski definition) is 2.